The second-order valence-corrected chi connectivity index (χ2v) is 11.5. The maximum atomic E-state index is 12.8. The van der Waals surface area contributed by atoms with Gasteiger partial charge in [-0.15, -0.1) is 0 Å². The molecular formula is C33H38N2O4. The summed E-state index contributed by atoms with van der Waals surface area (Å²) in [7, 11) is 2.08. The van der Waals surface area contributed by atoms with Gasteiger partial charge in [-0.05, 0) is 62.9 Å². The van der Waals surface area contributed by atoms with Crippen molar-refractivity contribution in [3.63, 3.8) is 0 Å². The highest BCUT2D eigenvalue weighted by Gasteiger charge is 2.35. The van der Waals surface area contributed by atoms with Gasteiger partial charge in [-0.2, -0.15) is 0 Å². The van der Waals surface area contributed by atoms with Crippen LogP contribution in [0.15, 0.2) is 60.7 Å². The molecule has 39 heavy (non-hydrogen) atoms. The third-order valence-electron chi connectivity index (χ3n) is 7.41. The van der Waals surface area contributed by atoms with E-state index in [4.69, 9.17) is 9.47 Å². The summed E-state index contributed by atoms with van der Waals surface area (Å²) in [6, 6.07) is 20.7. The normalized spacial score (nSPS) is 14.2. The molecule has 2 heterocycles. The SMILES string of the molecule is Cc1ccc(-c2c([C@H](OC(C)(C)C)C(=O)O)c(C)c3c4c2cc(COCc2ccccc2)n4CCN3C)cc1. The number of carboxylic acid groups (broad SMARTS) is 1. The molecule has 1 aliphatic rings. The zero-order valence-electron chi connectivity index (χ0n) is 23.7. The number of anilines is 1. The number of aliphatic carboxylic acids is 1. The molecule has 4 aromatic rings. The van der Waals surface area contributed by atoms with Crippen molar-refractivity contribution in [1.29, 1.82) is 0 Å². The van der Waals surface area contributed by atoms with Gasteiger partial charge in [0.2, 0.25) is 0 Å². The van der Waals surface area contributed by atoms with Crippen LogP contribution in [0.1, 0.15) is 54.8 Å². The molecule has 0 bridgehead atoms. The lowest BCUT2D eigenvalue weighted by Gasteiger charge is -2.34. The van der Waals surface area contributed by atoms with E-state index in [2.05, 4.69) is 65.9 Å². The van der Waals surface area contributed by atoms with Crippen LogP contribution in [-0.2, 0) is 34.0 Å². The van der Waals surface area contributed by atoms with Gasteiger partial charge >= 0.3 is 5.97 Å². The molecule has 0 radical (unpaired) electrons. The lowest BCUT2D eigenvalue weighted by Crippen LogP contribution is -2.31. The van der Waals surface area contributed by atoms with Crippen LogP contribution in [-0.4, -0.2) is 34.8 Å². The van der Waals surface area contributed by atoms with Crippen LogP contribution in [0.4, 0.5) is 5.69 Å². The molecule has 0 spiro atoms. The first-order chi connectivity index (χ1) is 18.5. The lowest BCUT2D eigenvalue weighted by atomic mass is 9.87. The van der Waals surface area contributed by atoms with Gasteiger partial charge in [-0.1, -0.05) is 60.2 Å². The number of benzene rings is 3. The van der Waals surface area contributed by atoms with Crippen molar-refractivity contribution in [2.75, 3.05) is 18.5 Å². The minimum Gasteiger partial charge on any atom is -0.479 e. The molecule has 0 saturated heterocycles. The summed E-state index contributed by atoms with van der Waals surface area (Å²) in [5, 5.41) is 11.5. The van der Waals surface area contributed by atoms with Gasteiger partial charge in [-0.3, -0.25) is 0 Å². The summed E-state index contributed by atoms with van der Waals surface area (Å²) in [5.74, 6) is -0.989. The minimum atomic E-state index is -1.11. The Morgan fingerprint density at radius 2 is 1.69 bits per heavy atom. The van der Waals surface area contributed by atoms with Gasteiger partial charge in [0.1, 0.15) is 0 Å². The van der Waals surface area contributed by atoms with E-state index in [9.17, 15) is 9.90 Å². The van der Waals surface area contributed by atoms with E-state index in [1.165, 1.54) is 0 Å². The molecule has 1 aromatic heterocycles. The van der Waals surface area contributed by atoms with Crippen LogP contribution < -0.4 is 4.90 Å². The van der Waals surface area contributed by atoms with Gasteiger partial charge in [0.25, 0.3) is 0 Å². The van der Waals surface area contributed by atoms with E-state index < -0.39 is 17.7 Å². The molecule has 0 aliphatic carbocycles. The summed E-state index contributed by atoms with van der Waals surface area (Å²) >= 11 is 0. The van der Waals surface area contributed by atoms with Crippen LogP contribution in [0.25, 0.3) is 22.0 Å². The monoisotopic (exact) mass is 526 g/mol. The molecule has 0 unspecified atom stereocenters. The predicted octanol–water partition coefficient (Wildman–Crippen LogP) is 7.03. The number of hydrogen-bond acceptors (Lipinski definition) is 4. The molecule has 204 valence electrons. The predicted molar refractivity (Wildman–Crippen MR) is 156 cm³/mol. The maximum absolute atomic E-state index is 12.8. The van der Waals surface area contributed by atoms with Gasteiger partial charge in [0, 0.05) is 36.8 Å². The number of likely N-dealkylation sites (N-methyl/N-ethyl adjacent to an activating group) is 1. The van der Waals surface area contributed by atoms with Crippen LogP contribution in [0.5, 0.6) is 0 Å². The Labute approximate surface area is 230 Å². The molecule has 5 rings (SSSR count). The van der Waals surface area contributed by atoms with Crippen LogP contribution in [0, 0.1) is 13.8 Å². The smallest absolute Gasteiger partial charge is 0.337 e. The fourth-order valence-corrected chi connectivity index (χ4v) is 5.68. The first-order valence-corrected chi connectivity index (χ1v) is 13.5. The lowest BCUT2D eigenvalue weighted by molar-refractivity contribution is -0.160. The van der Waals surface area contributed by atoms with Gasteiger partial charge in [0.15, 0.2) is 6.10 Å². The number of hydrogen-bond donors (Lipinski definition) is 1. The molecule has 1 N–H and O–H groups in total. The number of aryl methyl sites for hydroxylation is 1. The van der Waals surface area contributed by atoms with Crippen molar-refractivity contribution in [3.8, 4) is 11.1 Å². The van der Waals surface area contributed by atoms with E-state index in [0.717, 1.165) is 63.2 Å². The third-order valence-corrected chi connectivity index (χ3v) is 7.41. The molecule has 1 aliphatic heterocycles. The van der Waals surface area contributed by atoms with Crippen molar-refractivity contribution in [2.24, 2.45) is 0 Å². The molecular weight excluding hydrogens is 488 g/mol. The average molecular weight is 527 g/mol. The van der Waals surface area contributed by atoms with E-state index in [-0.39, 0.29) is 0 Å². The fourth-order valence-electron chi connectivity index (χ4n) is 5.68. The first-order valence-electron chi connectivity index (χ1n) is 13.5. The van der Waals surface area contributed by atoms with Crippen LogP contribution in [0.2, 0.25) is 0 Å². The Hall–Kier alpha value is -3.61. The van der Waals surface area contributed by atoms with Crippen LogP contribution >= 0.6 is 0 Å². The Bertz CT molecular complexity index is 1500. The average Bonchev–Trinajstić information content (AvgIpc) is 3.24. The van der Waals surface area contributed by atoms with Crippen molar-refractivity contribution < 1.29 is 19.4 Å². The van der Waals surface area contributed by atoms with E-state index in [0.29, 0.717) is 18.8 Å². The molecule has 0 amide bonds. The number of nitrogens with zero attached hydrogens (tertiary/aromatic N) is 2. The number of aromatic nitrogens is 1. The van der Waals surface area contributed by atoms with Crippen LogP contribution in [0.3, 0.4) is 0 Å². The summed E-state index contributed by atoms with van der Waals surface area (Å²) in [6.07, 6.45) is -1.11. The topological polar surface area (TPSA) is 63.9 Å². The molecule has 0 saturated carbocycles. The van der Waals surface area contributed by atoms with E-state index in [1.807, 2.05) is 45.9 Å². The second-order valence-electron chi connectivity index (χ2n) is 11.5. The van der Waals surface area contributed by atoms with Gasteiger partial charge in [-0.25, -0.2) is 4.79 Å². The van der Waals surface area contributed by atoms with Crippen molar-refractivity contribution >= 4 is 22.6 Å². The Balaban J connectivity index is 1.74. The Kier molecular flexibility index (Phi) is 7.27. The highest BCUT2D eigenvalue weighted by Crippen LogP contribution is 2.47. The number of carboxylic acids is 1. The highest BCUT2D eigenvalue weighted by molar-refractivity contribution is 6.07. The van der Waals surface area contributed by atoms with Gasteiger partial charge in [0.05, 0.1) is 30.0 Å². The maximum Gasteiger partial charge on any atom is 0.337 e. The minimum absolute atomic E-state index is 0.468. The third kappa shape index (κ3) is 5.32. The zero-order valence-corrected chi connectivity index (χ0v) is 23.7. The van der Waals surface area contributed by atoms with Crippen molar-refractivity contribution in [1.82, 2.24) is 4.57 Å². The second kappa shape index (κ2) is 10.5. The first kappa shape index (κ1) is 27.0. The summed E-state index contributed by atoms with van der Waals surface area (Å²) < 4.78 is 14.8. The molecule has 3 aromatic carbocycles. The van der Waals surface area contributed by atoms with E-state index in [1.54, 1.807) is 0 Å². The Morgan fingerprint density at radius 3 is 2.33 bits per heavy atom. The number of ether oxygens (including phenoxy) is 2. The standard InChI is InChI=1S/C33H38N2O4/c1-21-12-14-24(15-13-21)28-26-18-25(20-38-19-23-10-8-7-9-11-23)35-17-16-34(6)29(30(26)35)22(2)27(28)31(32(36)37)39-33(3,4)5/h7-15,18,31H,16-17,19-20H2,1-6H3,(H,36,37)/t31-/m0/s1. The summed E-state index contributed by atoms with van der Waals surface area (Å²) in [6.45, 7) is 12.5. The highest BCUT2D eigenvalue weighted by atomic mass is 16.5. The fraction of sp³-hybridized carbons (Fsp3) is 0.364. The Morgan fingerprint density at radius 1 is 1.00 bits per heavy atom. The van der Waals surface area contributed by atoms with E-state index >= 15 is 0 Å². The summed E-state index contributed by atoms with van der Waals surface area (Å²) in [4.78, 5) is 15.0. The summed E-state index contributed by atoms with van der Waals surface area (Å²) in [5.41, 5.74) is 8.47. The zero-order chi connectivity index (χ0) is 27.9. The van der Waals surface area contributed by atoms with Gasteiger partial charge < -0.3 is 24.0 Å². The number of rotatable bonds is 8. The molecule has 6 heteroatoms. The number of carbonyl (C=O) groups is 1. The van der Waals surface area contributed by atoms with Crippen molar-refractivity contribution in [3.05, 3.63) is 88.6 Å². The quantitative estimate of drug-likeness (QED) is 0.267. The molecule has 0 fully saturated rings. The molecule has 1 atom stereocenters. The van der Waals surface area contributed by atoms with Crippen molar-refractivity contribution in [2.45, 2.75) is 66.1 Å². The largest absolute Gasteiger partial charge is 0.479 e. The molecule has 6 nitrogen and oxygen atoms in total.